The third-order valence-electron chi connectivity index (χ3n) is 2.69. The molecular formula is C11H13F2N. The van der Waals surface area contributed by atoms with Gasteiger partial charge in [-0.1, -0.05) is 6.07 Å². The second kappa shape index (κ2) is 4.05. The van der Waals surface area contributed by atoms with Crippen molar-refractivity contribution in [3.8, 4) is 0 Å². The Balaban J connectivity index is 2.08. The maximum Gasteiger partial charge on any atom is 0.129 e. The van der Waals surface area contributed by atoms with Gasteiger partial charge in [-0.3, -0.25) is 0 Å². The number of benzene rings is 1. The van der Waals surface area contributed by atoms with E-state index in [0.29, 0.717) is 17.9 Å². The molecule has 2 rings (SSSR count). The van der Waals surface area contributed by atoms with Crippen molar-refractivity contribution in [2.45, 2.75) is 12.8 Å². The van der Waals surface area contributed by atoms with Gasteiger partial charge in [-0.25, -0.2) is 8.78 Å². The summed E-state index contributed by atoms with van der Waals surface area (Å²) in [5, 5.41) is 3.23. The lowest BCUT2D eigenvalue weighted by molar-refractivity contribution is 0.532. The van der Waals surface area contributed by atoms with Gasteiger partial charge in [0.05, 0.1) is 0 Å². The third-order valence-corrected chi connectivity index (χ3v) is 2.69. The average molecular weight is 197 g/mol. The van der Waals surface area contributed by atoms with Crippen LogP contribution < -0.4 is 5.32 Å². The Morgan fingerprint density at radius 3 is 2.86 bits per heavy atom. The quantitative estimate of drug-likeness (QED) is 0.765. The van der Waals surface area contributed by atoms with Gasteiger partial charge in [0.15, 0.2) is 0 Å². The van der Waals surface area contributed by atoms with E-state index in [0.717, 1.165) is 25.6 Å². The van der Waals surface area contributed by atoms with Crippen molar-refractivity contribution in [2.75, 3.05) is 13.1 Å². The number of rotatable bonds is 2. The minimum atomic E-state index is -0.504. The van der Waals surface area contributed by atoms with Crippen molar-refractivity contribution in [1.82, 2.24) is 5.32 Å². The molecule has 3 heteroatoms. The molecule has 0 saturated carbocycles. The van der Waals surface area contributed by atoms with E-state index in [1.165, 1.54) is 6.07 Å². The summed E-state index contributed by atoms with van der Waals surface area (Å²) in [5.74, 6) is -0.428. The van der Waals surface area contributed by atoms with Gasteiger partial charge >= 0.3 is 0 Å². The van der Waals surface area contributed by atoms with E-state index in [4.69, 9.17) is 0 Å². The smallest absolute Gasteiger partial charge is 0.129 e. The minimum absolute atomic E-state index is 0.420. The van der Waals surface area contributed by atoms with E-state index < -0.39 is 11.6 Å². The lowest BCUT2D eigenvalue weighted by Gasteiger charge is -2.08. The first-order valence-corrected chi connectivity index (χ1v) is 4.90. The standard InChI is InChI=1S/C11H13F2N/c12-10-2-1-9(11(13)6-10)5-8-3-4-14-7-8/h1-2,6,8,14H,3-5,7H2/t8-/m1/s1. The zero-order valence-corrected chi connectivity index (χ0v) is 7.89. The molecule has 0 aliphatic carbocycles. The molecule has 0 spiro atoms. The van der Waals surface area contributed by atoms with E-state index in [9.17, 15) is 8.78 Å². The van der Waals surface area contributed by atoms with Gasteiger partial charge in [0.1, 0.15) is 11.6 Å². The summed E-state index contributed by atoms with van der Waals surface area (Å²) in [7, 11) is 0. The van der Waals surface area contributed by atoms with Gasteiger partial charge in [-0.2, -0.15) is 0 Å². The number of hydrogen-bond donors (Lipinski definition) is 1. The van der Waals surface area contributed by atoms with Crippen LogP contribution in [0.4, 0.5) is 8.78 Å². The van der Waals surface area contributed by atoms with Gasteiger partial charge < -0.3 is 5.32 Å². The topological polar surface area (TPSA) is 12.0 Å². The molecule has 1 heterocycles. The lowest BCUT2D eigenvalue weighted by Crippen LogP contribution is -2.11. The highest BCUT2D eigenvalue weighted by molar-refractivity contribution is 5.19. The molecule has 1 aromatic carbocycles. The van der Waals surface area contributed by atoms with Crippen LogP contribution in [0.1, 0.15) is 12.0 Å². The molecule has 1 atom stereocenters. The van der Waals surface area contributed by atoms with Crippen LogP contribution in [0.5, 0.6) is 0 Å². The van der Waals surface area contributed by atoms with E-state index in [1.807, 2.05) is 0 Å². The molecule has 0 unspecified atom stereocenters. The predicted octanol–water partition coefficient (Wildman–Crippen LogP) is 2.12. The van der Waals surface area contributed by atoms with Crippen molar-refractivity contribution in [2.24, 2.45) is 5.92 Å². The van der Waals surface area contributed by atoms with Crippen molar-refractivity contribution >= 4 is 0 Å². The van der Waals surface area contributed by atoms with Crippen LogP contribution in [-0.4, -0.2) is 13.1 Å². The molecule has 1 aliphatic heterocycles. The fourth-order valence-electron chi connectivity index (χ4n) is 1.89. The largest absolute Gasteiger partial charge is 0.316 e. The molecular weight excluding hydrogens is 184 g/mol. The van der Waals surface area contributed by atoms with Crippen molar-refractivity contribution in [1.29, 1.82) is 0 Å². The minimum Gasteiger partial charge on any atom is -0.316 e. The Labute approximate surface area is 82.1 Å². The zero-order chi connectivity index (χ0) is 9.97. The number of halogens is 2. The summed E-state index contributed by atoms with van der Waals surface area (Å²) in [6.45, 7) is 1.95. The monoisotopic (exact) mass is 197 g/mol. The molecule has 0 bridgehead atoms. The van der Waals surface area contributed by atoms with Crippen LogP contribution in [0, 0.1) is 17.6 Å². The molecule has 1 aliphatic rings. The average Bonchev–Trinajstić information content (AvgIpc) is 2.62. The first kappa shape index (κ1) is 9.59. The van der Waals surface area contributed by atoms with E-state index in [2.05, 4.69) is 5.32 Å². The van der Waals surface area contributed by atoms with Gasteiger partial charge in [0.2, 0.25) is 0 Å². The molecule has 76 valence electrons. The number of nitrogens with one attached hydrogen (secondary N) is 1. The maximum absolute atomic E-state index is 13.2. The van der Waals surface area contributed by atoms with E-state index >= 15 is 0 Å². The van der Waals surface area contributed by atoms with E-state index in [-0.39, 0.29) is 0 Å². The summed E-state index contributed by atoms with van der Waals surface area (Å²) >= 11 is 0. The van der Waals surface area contributed by atoms with Crippen LogP contribution >= 0.6 is 0 Å². The van der Waals surface area contributed by atoms with Crippen LogP contribution in [0.3, 0.4) is 0 Å². The second-order valence-electron chi connectivity index (χ2n) is 3.80. The first-order valence-electron chi connectivity index (χ1n) is 4.90. The van der Waals surface area contributed by atoms with Gasteiger partial charge in [-0.05, 0) is 43.5 Å². The van der Waals surface area contributed by atoms with E-state index in [1.54, 1.807) is 6.07 Å². The zero-order valence-electron chi connectivity index (χ0n) is 7.89. The predicted molar refractivity (Wildman–Crippen MR) is 51.0 cm³/mol. The highest BCUT2D eigenvalue weighted by atomic mass is 19.1. The van der Waals surface area contributed by atoms with Crippen molar-refractivity contribution < 1.29 is 8.78 Å². The molecule has 14 heavy (non-hydrogen) atoms. The summed E-state index contributed by atoms with van der Waals surface area (Å²) in [4.78, 5) is 0. The first-order chi connectivity index (χ1) is 6.75. The van der Waals surface area contributed by atoms with Gasteiger partial charge in [-0.15, -0.1) is 0 Å². The van der Waals surface area contributed by atoms with Crippen LogP contribution in [0.25, 0.3) is 0 Å². The normalized spacial score (nSPS) is 21.4. The molecule has 0 aromatic heterocycles. The highest BCUT2D eigenvalue weighted by Crippen LogP contribution is 2.18. The fraction of sp³-hybridized carbons (Fsp3) is 0.455. The Kier molecular flexibility index (Phi) is 2.77. The van der Waals surface area contributed by atoms with Crippen LogP contribution in [0.2, 0.25) is 0 Å². The summed E-state index contributed by atoms with van der Waals surface area (Å²) in [6.07, 6.45) is 1.79. The van der Waals surface area contributed by atoms with Gasteiger partial charge in [0, 0.05) is 6.07 Å². The molecule has 0 amide bonds. The summed E-state index contributed by atoms with van der Waals surface area (Å²) in [5.41, 5.74) is 0.625. The lowest BCUT2D eigenvalue weighted by atomic mass is 9.98. The van der Waals surface area contributed by atoms with Crippen LogP contribution in [-0.2, 0) is 6.42 Å². The SMILES string of the molecule is Fc1ccc(C[C@H]2CCNC2)c(F)c1. The molecule has 1 saturated heterocycles. The Bertz CT molecular complexity index is 319. The maximum atomic E-state index is 13.2. The summed E-state index contributed by atoms with van der Waals surface area (Å²) < 4.78 is 25.9. The summed E-state index contributed by atoms with van der Waals surface area (Å²) in [6, 6.07) is 3.82. The van der Waals surface area contributed by atoms with Crippen molar-refractivity contribution in [3.63, 3.8) is 0 Å². The molecule has 1 fully saturated rings. The highest BCUT2D eigenvalue weighted by Gasteiger charge is 2.16. The fourth-order valence-corrected chi connectivity index (χ4v) is 1.89. The second-order valence-corrected chi connectivity index (χ2v) is 3.80. The van der Waals surface area contributed by atoms with Gasteiger partial charge in [0.25, 0.3) is 0 Å². The molecule has 1 nitrogen and oxygen atoms in total. The molecule has 0 radical (unpaired) electrons. The molecule has 1 N–H and O–H groups in total. The Hall–Kier alpha value is -0.960. The Morgan fingerprint density at radius 1 is 1.36 bits per heavy atom. The number of hydrogen-bond acceptors (Lipinski definition) is 1. The third kappa shape index (κ3) is 2.10. The molecule has 1 aromatic rings. The Morgan fingerprint density at radius 2 is 2.21 bits per heavy atom. The van der Waals surface area contributed by atoms with Crippen LogP contribution in [0.15, 0.2) is 18.2 Å². The van der Waals surface area contributed by atoms with Crippen molar-refractivity contribution in [3.05, 3.63) is 35.4 Å².